The summed E-state index contributed by atoms with van der Waals surface area (Å²) in [6.07, 6.45) is 3.61. The Morgan fingerprint density at radius 2 is 2.06 bits per heavy atom. The summed E-state index contributed by atoms with van der Waals surface area (Å²) < 4.78 is 0.914. The molecule has 3 heteroatoms. The van der Waals surface area contributed by atoms with Crippen LogP contribution in [0.15, 0.2) is 36.4 Å². The summed E-state index contributed by atoms with van der Waals surface area (Å²) in [4.78, 5) is 1.45. The number of hydrogen-bond donors (Lipinski definition) is 1. The van der Waals surface area contributed by atoms with Crippen molar-refractivity contribution >= 4 is 28.6 Å². The fourth-order valence-corrected chi connectivity index (χ4v) is 3.79. The molecule has 88 valence electrons. The van der Waals surface area contributed by atoms with E-state index in [4.69, 9.17) is 11.6 Å². The van der Waals surface area contributed by atoms with E-state index < -0.39 is 0 Å². The first-order valence-electron chi connectivity index (χ1n) is 5.92. The van der Waals surface area contributed by atoms with Gasteiger partial charge in [-0.25, -0.2) is 0 Å². The highest BCUT2D eigenvalue weighted by Crippen LogP contribution is 2.39. The zero-order valence-electron chi connectivity index (χ0n) is 9.45. The number of benzene rings is 1. The summed E-state index contributed by atoms with van der Waals surface area (Å²) in [5, 5.41) is 3.60. The molecule has 17 heavy (non-hydrogen) atoms. The molecule has 1 N–H and O–H groups in total. The van der Waals surface area contributed by atoms with E-state index in [-0.39, 0.29) is 0 Å². The molecule has 1 unspecified atom stereocenters. The number of para-hydroxylation sites is 1. The standard InChI is InChI=1S/C14H14ClNS/c15-14-9-11-12(7-4-8-13(11)17-14)16-10-5-2-1-3-6-10/h1-3,5-6,9,12,16H,4,7-8H2. The zero-order valence-corrected chi connectivity index (χ0v) is 11.0. The van der Waals surface area contributed by atoms with E-state index >= 15 is 0 Å². The minimum Gasteiger partial charge on any atom is -0.378 e. The Hall–Kier alpha value is -0.990. The lowest BCUT2D eigenvalue weighted by atomic mass is 9.94. The van der Waals surface area contributed by atoms with E-state index in [0.717, 1.165) is 4.34 Å². The molecule has 0 fully saturated rings. The number of hydrogen-bond acceptors (Lipinski definition) is 2. The maximum Gasteiger partial charge on any atom is 0.0934 e. The Morgan fingerprint density at radius 3 is 2.88 bits per heavy atom. The SMILES string of the molecule is Clc1cc2c(s1)CCCC2Nc1ccccc1. The third-order valence-electron chi connectivity index (χ3n) is 3.20. The Kier molecular flexibility index (Phi) is 3.08. The fraction of sp³-hybridized carbons (Fsp3) is 0.286. The number of halogens is 1. The van der Waals surface area contributed by atoms with Gasteiger partial charge in [-0.1, -0.05) is 29.8 Å². The van der Waals surface area contributed by atoms with E-state index in [1.807, 2.05) is 6.07 Å². The molecule has 0 saturated carbocycles. The molecule has 3 rings (SSSR count). The predicted octanol–water partition coefficient (Wildman–Crippen LogP) is 4.89. The third kappa shape index (κ3) is 2.33. The second kappa shape index (κ2) is 4.71. The van der Waals surface area contributed by atoms with Gasteiger partial charge in [0.05, 0.1) is 10.4 Å². The van der Waals surface area contributed by atoms with Crippen molar-refractivity contribution in [2.24, 2.45) is 0 Å². The van der Waals surface area contributed by atoms with Gasteiger partial charge in [-0.2, -0.15) is 0 Å². The van der Waals surface area contributed by atoms with E-state index in [9.17, 15) is 0 Å². The van der Waals surface area contributed by atoms with E-state index in [2.05, 4.69) is 35.6 Å². The van der Waals surface area contributed by atoms with Crippen molar-refractivity contribution in [1.29, 1.82) is 0 Å². The van der Waals surface area contributed by atoms with Crippen molar-refractivity contribution in [2.45, 2.75) is 25.3 Å². The lowest BCUT2D eigenvalue weighted by Gasteiger charge is -2.24. The van der Waals surface area contributed by atoms with Crippen molar-refractivity contribution in [2.75, 3.05) is 5.32 Å². The Labute approximate surface area is 110 Å². The molecule has 2 aromatic rings. The molecule has 1 aromatic heterocycles. The molecule has 1 aliphatic rings. The van der Waals surface area contributed by atoms with E-state index in [1.165, 1.54) is 35.4 Å². The molecule has 0 saturated heterocycles. The molecule has 1 aromatic carbocycles. The van der Waals surface area contributed by atoms with Crippen LogP contribution in [0.25, 0.3) is 0 Å². The maximum atomic E-state index is 6.11. The molecule has 0 aliphatic heterocycles. The van der Waals surface area contributed by atoms with E-state index in [0.29, 0.717) is 6.04 Å². The average molecular weight is 264 g/mol. The number of thiophene rings is 1. The van der Waals surface area contributed by atoms with Crippen LogP contribution in [0.4, 0.5) is 5.69 Å². The van der Waals surface area contributed by atoms with Gasteiger partial charge in [0, 0.05) is 10.6 Å². The summed E-state index contributed by atoms with van der Waals surface area (Å²) in [5.41, 5.74) is 2.59. The van der Waals surface area contributed by atoms with Crippen LogP contribution in [0.1, 0.15) is 29.3 Å². The lowest BCUT2D eigenvalue weighted by Crippen LogP contribution is -2.15. The van der Waals surface area contributed by atoms with Gasteiger partial charge in [-0.05, 0) is 43.0 Å². The van der Waals surface area contributed by atoms with E-state index in [1.54, 1.807) is 11.3 Å². The van der Waals surface area contributed by atoms with Crippen LogP contribution in [0.5, 0.6) is 0 Å². The van der Waals surface area contributed by atoms with Crippen molar-refractivity contribution in [3.05, 3.63) is 51.2 Å². The van der Waals surface area contributed by atoms with Gasteiger partial charge in [0.25, 0.3) is 0 Å². The van der Waals surface area contributed by atoms with Gasteiger partial charge >= 0.3 is 0 Å². The largest absolute Gasteiger partial charge is 0.378 e. The quantitative estimate of drug-likeness (QED) is 0.813. The van der Waals surface area contributed by atoms with Crippen molar-refractivity contribution in [3.8, 4) is 0 Å². The van der Waals surface area contributed by atoms with Crippen LogP contribution in [-0.2, 0) is 6.42 Å². The van der Waals surface area contributed by atoms with Gasteiger partial charge in [0.2, 0.25) is 0 Å². The molecule has 1 nitrogen and oxygen atoms in total. The molecule has 0 radical (unpaired) electrons. The zero-order chi connectivity index (χ0) is 11.7. The van der Waals surface area contributed by atoms with Crippen LogP contribution in [0.3, 0.4) is 0 Å². The Bertz CT molecular complexity index is 506. The van der Waals surface area contributed by atoms with Gasteiger partial charge in [-0.3, -0.25) is 0 Å². The second-order valence-electron chi connectivity index (χ2n) is 4.38. The van der Waals surface area contributed by atoms with Crippen LogP contribution in [0, 0.1) is 0 Å². The number of nitrogens with one attached hydrogen (secondary N) is 1. The summed E-state index contributed by atoms with van der Waals surface area (Å²) >= 11 is 7.84. The topological polar surface area (TPSA) is 12.0 Å². The highest BCUT2D eigenvalue weighted by molar-refractivity contribution is 7.16. The summed E-state index contributed by atoms with van der Waals surface area (Å²) in [5.74, 6) is 0. The predicted molar refractivity (Wildman–Crippen MR) is 75.1 cm³/mol. The number of fused-ring (bicyclic) bond motifs is 1. The van der Waals surface area contributed by atoms with Crippen LogP contribution >= 0.6 is 22.9 Å². The summed E-state index contributed by atoms with van der Waals surface area (Å²) in [7, 11) is 0. The molecular weight excluding hydrogens is 250 g/mol. The van der Waals surface area contributed by atoms with Crippen molar-refractivity contribution in [3.63, 3.8) is 0 Å². The van der Waals surface area contributed by atoms with Gasteiger partial charge in [0.15, 0.2) is 0 Å². The second-order valence-corrected chi connectivity index (χ2v) is 6.15. The average Bonchev–Trinajstić information content (AvgIpc) is 2.72. The number of aryl methyl sites for hydroxylation is 1. The lowest BCUT2D eigenvalue weighted by molar-refractivity contribution is 0.609. The smallest absolute Gasteiger partial charge is 0.0934 e. The molecule has 0 amide bonds. The first kappa shape index (κ1) is 11.1. The molecule has 1 atom stereocenters. The van der Waals surface area contributed by atoms with Crippen LogP contribution in [-0.4, -0.2) is 0 Å². The minimum absolute atomic E-state index is 0.421. The normalized spacial score (nSPS) is 18.8. The van der Waals surface area contributed by atoms with Crippen molar-refractivity contribution in [1.82, 2.24) is 0 Å². The number of anilines is 1. The maximum absolute atomic E-state index is 6.11. The fourth-order valence-electron chi connectivity index (χ4n) is 2.41. The first-order valence-corrected chi connectivity index (χ1v) is 7.12. The highest BCUT2D eigenvalue weighted by atomic mass is 35.5. The summed E-state index contributed by atoms with van der Waals surface area (Å²) in [6.45, 7) is 0. The highest BCUT2D eigenvalue weighted by Gasteiger charge is 2.22. The minimum atomic E-state index is 0.421. The van der Waals surface area contributed by atoms with Crippen molar-refractivity contribution < 1.29 is 0 Å². The molecule has 0 bridgehead atoms. The molecule has 1 aliphatic carbocycles. The van der Waals surface area contributed by atoms with Crippen LogP contribution in [0.2, 0.25) is 4.34 Å². The third-order valence-corrected chi connectivity index (χ3v) is 4.54. The summed E-state index contributed by atoms with van der Waals surface area (Å²) in [6, 6.07) is 12.9. The van der Waals surface area contributed by atoms with Crippen LogP contribution < -0.4 is 5.32 Å². The monoisotopic (exact) mass is 263 g/mol. The van der Waals surface area contributed by atoms with Gasteiger partial charge in [0.1, 0.15) is 0 Å². The number of rotatable bonds is 2. The first-order chi connectivity index (χ1) is 8.33. The van der Waals surface area contributed by atoms with Gasteiger partial charge in [-0.15, -0.1) is 11.3 Å². The van der Waals surface area contributed by atoms with Gasteiger partial charge < -0.3 is 5.32 Å². The molecule has 1 heterocycles. The molecular formula is C14H14ClNS. The Balaban J connectivity index is 1.86. The Morgan fingerprint density at radius 1 is 1.24 bits per heavy atom. The molecule has 0 spiro atoms.